The first-order valence-corrected chi connectivity index (χ1v) is 13.1. The van der Waals surface area contributed by atoms with Crippen molar-refractivity contribution in [1.82, 2.24) is 0 Å². The molecule has 4 heteroatoms. The lowest BCUT2D eigenvalue weighted by atomic mass is 9.92. The molecule has 2 heterocycles. The first-order chi connectivity index (χ1) is 17.1. The maximum absolute atomic E-state index is 13.3. The lowest BCUT2D eigenvalue weighted by molar-refractivity contribution is 0.0212. The Hall–Kier alpha value is -3.27. The van der Waals surface area contributed by atoms with Crippen molar-refractivity contribution in [3.05, 3.63) is 82.4 Å². The first kappa shape index (κ1) is 22.2. The number of carbonyl (C=O) groups excluding carboxylic acids is 1. The van der Waals surface area contributed by atoms with Gasteiger partial charge in [0.05, 0.1) is 5.56 Å². The van der Waals surface area contributed by atoms with Crippen LogP contribution in [0, 0.1) is 13.8 Å². The molecule has 35 heavy (non-hydrogen) atoms. The fourth-order valence-corrected chi connectivity index (χ4v) is 6.17. The molecule has 0 saturated heterocycles. The average Bonchev–Trinajstić information content (AvgIpc) is 3.14. The van der Waals surface area contributed by atoms with Gasteiger partial charge in [-0.25, -0.2) is 4.79 Å². The maximum Gasteiger partial charge on any atom is 0.339 e. The van der Waals surface area contributed by atoms with Crippen LogP contribution in [0.3, 0.4) is 0 Å². The SMILES string of the molecule is Cc1ccc2c(c1)CN1CCN2Cc2cc(-c3c(C)cccc3C(=O)OC3CCCCC3)ccc21. The highest BCUT2D eigenvalue weighted by molar-refractivity contribution is 5.98. The topological polar surface area (TPSA) is 32.8 Å². The van der Waals surface area contributed by atoms with E-state index in [1.165, 1.54) is 34.5 Å². The molecule has 0 atom stereocenters. The number of esters is 1. The van der Waals surface area contributed by atoms with Gasteiger partial charge in [0, 0.05) is 37.6 Å². The number of fused-ring (bicyclic) bond motifs is 7. The summed E-state index contributed by atoms with van der Waals surface area (Å²) in [4.78, 5) is 18.3. The molecule has 0 unspecified atom stereocenters. The smallest absolute Gasteiger partial charge is 0.339 e. The van der Waals surface area contributed by atoms with Crippen LogP contribution in [0.5, 0.6) is 0 Å². The third kappa shape index (κ3) is 4.20. The van der Waals surface area contributed by atoms with Crippen molar-refractivity contribution >= 4 is 17.3 Å². The van der Waals surface area contributed by atoms with Crippen molar-refractivity contribution in [2.45, 2.75) is 65.1 Å². The van der Waals surface area contributed by atoms with E-state index in [0.29, 0.717) is 5.56 Å². The third-order valence-corrected chi connectivity index (χ3v) is 7.97. The second kappa shape index (κ2) is 9.07. The van der Waals surface area contributed by atoms with Crippen molar-refractivity contribution in [2.24, 2.45) is 0 Å². The molecule has 2 aliphatic heterocycles. The van der Waals surface area contributed by atoms with Crippen LogP contribution < -0.4 is 9.80 Å². The predicted molar refractivity (Wildman–Crippen MR) is 142 cm³/mol. The highest BCUT2D eigenvalue weighted by Gasteiger charge is 2.28. The van der Waals surface area contributed by atoms with Crippen molar-refractivity contribution in [1.29, 1.82) is 0 Å². The zero-order valence-electron chi connectivity index (χ0n) is 20.8. The Labute approximate surface area is 208 Å². The van der Waals surface area contributed by atoms with Crippen molar-refractivity contribution in [2.75, 3.05) is 22.9 Å². The van der Waals surface area contributed by atoms with Gasteiger partial charge >= 0.3 is 5.97 Å². The summed E-state index contributed by atoms with van der Waals surface area (Å²) in [6.45, 7) is 8.11. The van der Waals surface area contributed by atoms with Crippen LogP contribution in [-0.2, 0) is 17.8 Å². The Morgan fingerprint density at radius 2 is 1.51 bits per heavy atom. The van der Waals surface area contributed by atoms with Crippen LogP contribution in [0.1, 0.15) is 64.7 Å². The number of benzene rings is 3. The molecular formula is C31H34N2O2. The molecule has 3 aliphatic rings. The summed E-state index contributed by atoms with van der Waals surface area (Å²) in [6.07, 6.45) is 5.58. The molecule has 1 aliphatic carbocycles. The van der Waals surface area contributed by atoms with Crippen molar-refractivity contribution < 1.29 is 9.53 Å². The molecule has 3 aromatic rings. The Bertz CT molecular complexity index is 1270. The van der Waals surface area contributed by atoms with Gasteiger partial charge in [-0.2, -0.15) is 0 Å². The van der Waals surface area contributed by atoms with E-state index in [4.69, 9.17) is 4.74 Å². The van der Waals surface area contributed by atoms with Gasteiger partial charge in [0.15, 0.2) is 0 Å². The molecule has 2 bridgehead atoms. The Morgan fingerprint density at radius 1 is 0.829 bits per heavy atom. The van der Waals surface area contributed by atoms with E-state index < -0.39 is 0 Å². The largest absolute Gasteiger partial charge is 0.459 e. The molecule has 1 fully saturated rings. The molecule has 0 spiro atoms. The Morgan fingerprint density at radius 3 is 2.26 bits per heavy atom. The number of carbonyl (C=O) groups is 1. The summed E-state index contributed by atoms with van der Waals surface area (Å²) >= 11 is 0. The van der Waals surface area contributed by atoms with Gasteiger partial charge in [0.25, 0.3) is 0 Å². The monoisotopic (exact) mass is 466 g/mol. The number of hydrogen-bond acceptors (Lipinski definition) is 4. The molecular weight excluding hydrogens is 432 g/mol. The Balaban J connectivity index is 1.36. The quantitative estimate of drug-likeness (QED) is 0.398. The second-order valence-electron chi connectivity index (χ2n) is 10.5. The number of nitrogens with zero attached hydrogens (tertiary/aromatic N) is 2. The van der Waals surface area contributed by atoms with Gasteiger partial charge in [-0.1, -0.05) is 42.3 Å². The fraction of sp³-hybridized carbons (Fsp3) is 0.387. The average molecular weight is 467 g/mol. The summed E-state index contributed by atoms with van der Waals surface area (Å²) < 4.78 is 5.98. The lowest BCUT2D eigenvalue weighted by Gasteiger charge is -2.29. The van der Waals surface area contributed by atoms with Crippen LogP contribution in [0.15, 0.2) is 54.6 Å². The summed E-state index contributed by atoms with van der Waals surface area (Å²) in [5.41, 5.74) is 10.6. The lowest BCUT2D eigenvalue weighted by Crippen LogP contribution is -2.26. The molecule has 4 nitrogen and oxygen atoms in total. The molecule has 1 saturated carbocycles. The van der Waals surface area contributed by atoms with Gasteiger partial charge in [0.1, 0.15) is 6.10 Å². The van der Waals surface area contributed by atoms with E-state index in [2.05, 4.69) is 66.1 Å². The highest BCUT2D eigenvalue weighted by Crippen LogP contribution is 2.39. The minimum absolute atomic E-state index is 0.0559. The predicted octanol–water partition coefficient (Wildman–Crippen LogP) is 6.80. The highest BCUT2D eigenvalue weighted by atomic mass is 16.5. The molecule has 6 rings (SSSR count). The van der Waals surface area contributed by atoms with E-state index in [1.807, 2.05) is 12.1 Å². The van der Waals surface area contributed by atoms with Gasteiger partial charge in [-0.15, -0.1) is 0 Å². The van der Waals surface area contributed by atoms with Gasteiger partial charge in [-0.05, 0) is 91.6 Å². The zero-order valence-corrected chi connectivity index (χ0v) is 20.8. The minimum Gasteiger partial charge on any atom is -0.459 e. The third-order valence-electron chi connectivity index (χ3n) is 7.97. The summed E-state index contributed by atoms with van der Waals surface area (Å²) in [5, 5.41) is 0. The van der Waals surface area contributed by atoms with Crippen LogP contribution in [0.2, 0.25) is 0 Å². The van der Waals surface area contributed by atoms with E-state index in [1.54, 1.807) is 0 Å². The minimum atomic E-state index is -0.181. The van der Waals surface area contributed by atoms with Crippen LogP contribution in [-0.4, -0.2) is 25.2 Å². The molecule has 3 aromatic carbocycles. The van der Waals surface area contributed by atoms with E-state index in [9.17, 15) is 4.79 Å². The summed E-state index contributed by atoms with van der Waals surface area (Å²) in [6, 6.07) is 19.6. The van der Waals surface area contributed by atoms with Crippen molar-refractivity contribution in [3.8, 4) is 11.1 Å². The summed E-state index contributed by atoms with van der Waals surface area (Å²) in [7, 11) is 0. The molecule has 0 amide bonds. The normalized spacial score (nSPS) is 17.4. The maximum atomic E-state index is 13.3. The molecule has 180 valence electrons. The number of rotatable bonds is 3. The second-order valence-corrected chi connectivity index (χ2v) is 10.5. The summed E-state index contributed by atoms with van der Waals surface area (Å²) in [5.74, 6) is -0.181. The molecule has 0 N–H and O–H groups in total. The van der Waals surface area contributed by atoms with Gasteiger partial charge in [-0.3, -0.25) is 0 Å². The number of anilines is 2. The number of aryl methyl sites for hydroxylation is 2. The zero-order chi connectivity index (χ0) is 23.9. The van der Waals surface area contributed by atoms with Gasteiger partial charge < -0.3 is 14.5 Å². The van der Waals surface area contributed by atoms with Gasteiger partial charge in [0.2, 0.25) is 0 Å². The van der Waals surface area contributed by atoms with Crippen LogP contribution >= 0.6 is 0 Å². The van der Waals surface area contributed by atoms with Crippen LogP contribution in [0.4, 0.5) is 11.4 Å². The molecule has 0 radical (unpaired) electrons. The van der Waals surface area contributed by atoms with E-state index >= 15 is 0 Å². The Kier molecular flexibility index (Phi) is 5.75. The van der Waals surface area contributed by atoms with Crippen LogP contribution in [0.25, 0.3) is 11.1 Å². The fourth-order valence-electron chi connectivity index (χ4n) is 6.17. The number of ether oxygens (including phenoxy) is 1. The number of hydrogen-bond donors (Lipinski definition) is 0. The van der Waals surface area contributed by atoms with E-state index in [0.717, 1.165) is 68.6 Å². The standard InChI is InChI=1S/C31H34N2O2/c1-21-11-13-28-24(17-21)19-32-15-16-33(28)20-25-18-23(12-14-29(25)32)30-22(2)7-6-10-27(30)31(34)35-26-8-4-3-5-9-26/h6-7,10-14,17-18,26H,3-5,8-9,15-16,19-20H2,1-2H3. The molecule has 0 aromatic heterocycles. The first-order valence-electron chi connectivity index (χ1n) is 13.1. The van der Waals surface area contributed by atoms with Crippen molar-refractivity contribution in [3.63, 3.8) is 0 Å². The van der Waals surface area contributed by atoms with E-state index in [-0.39, 0.29) is 12.1 Å².